The third-order valence-electron chi connectivity index (χ3n) is 3.24. The molecule has 1 aliphatic heterocycles. The number of hydrogen-bond acceptors (Lipinski definition) is 2. The van der Waals surface area contributed by atoms with Crippen LogP contribution < -0.4 is 10.6 Å². The first-order chi connectivity index (χ1) is 6.55. The van der Waals surface area contributed by atoms with Gasteiger partial charge in [-0.25, -0.2) is 0 Å². The molecule has 0 aromatic rings. The minimum absolute atomic E-state index is 0.00190. The fraction of sp³-hybridized carbons (Fsp3) is 0.800. The number of carbonyl (C=O) groups is 2. The van der Waals surface area contributed by atoms with Gasteiger partial charge in [0, 0.05) is 0 Å². The van der Waals surface area contributed by atoms with Crippen LogP contribution in [0.2, 0.25) is 0 Å². The van der Waals surface area contributed by atoms with E-state index in [0.29, 0.717) is 0 Å². The topological polar surface area (TPSA) is 58.2 Å². The van der Waals surface area contributed by atoms with Crippen LogP contribution in [0, 0.1) is 5.92 Å². The van der Waals surface area contributed by atoms with Crippen LogP contribution in [0.15, 0.2) is 0 Å². The Labute approximate surface area is 83.4 Å². The SMILES string of the molecule is CC(C)[C@H]1NC(=O)C2(CCC2)NC1=O. The lowest BCUT2D eigenvalue weighted by Crippen LogP contribution is -2.72. The van der Waals surface area contributed by atoms with Crippen molar-refractivity contribution in [2.45, 2.75) is 44.7 Å². The third kappa shape index (κ3) is 1.21. The van der Waals surface area contributed by atoms with Gasteiger partial charge in [-0.3, -0.25) is 9.59 Å². The van der Waals surface area contributed by atoms with Gasteiger partial charge in [-0.1, -0.05) is 13.8 Å². The largest absolute Gasteiger partial charge is 0.342 e. The van der Waals surface area contributed by atoms with Gasteiger partial charge in [-0.2, -0.15) is 0 Å². The van der Waals surface area contributed by atoms with Crippen molar-refractivity contribution in [3.8, 4) is 0 Å². The second-order valence-corrected chi connectivity index (χ2v) is 4.62. The molecule has 2 amide bonds. The van der Waals surface area contributed by atoms with E-state index >= 15 is 0 Å². The van der Waals surface area contributed by atoms with E-state index in [1.807, 2.05) is 13.8 Å². The molecule has 1 spiro atoms. The predicted molar refractivity (Wildman–Crippen MR) is 51.5 cm³/mol. The van der Waals surface area contributed by atoms with Gasteiger partial charge in [0.05, 0.1) is 0 Å². The summed E-state index contributed by atoms with van der Waals surface area (Å²) in [5.74, 6) is 0.123. The van der Waals surface area contributed by atoms with Crippen molar-refractivity contribution >= 4 is 11.8 Å². The predicted octanol–water partition coefficient (Wildman–Crippen LogP) is 0.180. The first-order valence-electron chi connectivity index (χ1n) is 5.18. The number of hydrogen-bond donors (Lipinski definition) is 2. The van der Waals surface area contributed by atoms with Gasteiger partial charge in [-0.05, 0) is 25.2 Å². The Kier molecular flexibility index (Phi) is 2.01. The zero-order valence-electron chi connectivity index (χ0n) is 8.59. The zero-order chi connectivity index (χ0) is 10.3. The second-order valence-electron chi connectivity index (χ2n) is 4.62. The van der Waals surface area contributed by atoms with Gasteiger partial charge in [0.1, 0.15) is 11.6 Å². The fourth-order valence-corrected chi connectivity index (χ4v) is 2.07. The molecular formula is C10H16N2O2. The molecule has 0 radical (unpaired) electrons. The molecule has 4 nitrogen and oxygen atoms in total. The normalized spacial score (nSPS) is 29.8. The molecule has 1 atom stereocenters. The standard InChI is InChI=1S/C10H16N2O2/c1-6(2)7-8(13)12-10(4-3-5-10)9(14)11-7/h6-7H,3-5H2,1-2H3,(H,11,14)(H,12,13)/t7-/m1/s1. The Balaban J connectivity index is 2.13. The highest BCUT2D eigenvalue weighted by Gasteiger charge is 2.50. The Morgan fingerprint density at radius 1 is 1.36 bits per heavy atom. The zero-order valence-corrected chi connectivity index (χ0v) is 8.59. The van der Waals surface area contributed by atoms with E-state index in [1.54, 1.807) is 0 Å². The van der Waals surface area contributed by atoms with Gasteiger partial charge < -0.3 is 10.6 Å². The van der Waals surface area contributed by atoms with E-state index in [9.17, 15) is 9.59 Å². The van der Waals surface area contributed by atoms with Crippen molar-refractivity contribution in [3.05, 3.63) is 0 Å². The number of carbonyl (C=O) groups excluding carboxylic acids is 2. The minimum atomic E-state index is -0.553. The number of amides is 2. The summed E-state index contributed by atoms with van der Waals surface area (Å²) in [4.78, 5) is 23.4. The first kappa shape index (κ1) is 9.49. The van der Waals surface area contributed by atoms with Crippen LogP contribution in [0.4, 0.5) is 0 Å². The summed E-state index contributed by atoms with van der Waals surface area (Å²) in [6.07, 6.45) is 2.60. The van der Waals surface area contributed by atoms with Crippen LogP contribution in [-0.2, 0) is 9.59 Å². The molecule has 4 heteroatoms. The maximum absolute atomic E-state index is 11.7. The van der Waals surface area contributed by atoms with Crippen LogP contribution in [-0.4, -0.2) is 23.4 Å². The lowest BCUT2D eigenvalue weighted by molar-refractivity contribution is -0.146. The highest BCUT2D eigenvalue weighted by atomic mass is 16.2. The lowest BCUT2D eigenvalue weighted by atomic mass is 9.74. The Hall–Kier alpha value is -1.06. The summed E-state index contributed by atoms with van der Waals surface area (Å²) in [6.45, 7) is 3.87. The molecular weight excluding hydrogens is 180 g/mol. The summed E-state index contributed by atoms with van der Waals surface area (Å²) in [6, 6.07) is -0.353. The van der Waals surface area contributed by atoms with Crippen molar-refractivity contribution in [2.75, 3.05) is 0 Å². The highest BCUT2D eigenvalue weighted by molar-refractivity contribution is 6.00. The Bertz CT molecular complexity index is 282. The Morgan fingerprint density at radius 2 is 2.00 bits per heavy atom. The van der Waals surface area contributed by atoms with E-state index in [4.69, 9.17) is 0 Å². The molecule has 2 aliphatic rings. The van der Waals surface area contributed by atoms with Crippen molar-refractivity contribution < 1.29 is 9.59 Å². The van der Waals surface area contributed by atoms with Crippen LogP contribution in [0.3, 0.4) is 0 Å². The van der Waals surface area contributed by atoms with E-state index < -0.39 is 5.54 Å². The molecule has 1 saturated carbocycles. The smallest absolute Gasteiger partial charge is 0.246 e. The molecule has 1 saturated heterocycles. The summed E-state index contributed by atoms with van der Waals surface area (Å²) >= 11 is 0. The highest BCUT2D eigenvalue weighted by Crippen LogP contribution is 2.34. The number of rotatable bonds is 1. The van der Waals surface area contributed by atoms with Crippen molar-refractivity contribution in [3.63, 3.8) is 0 Å². The van der Waals surface area contributed by atoms with Crippen molar-refractivity contribution in [1.82, 2.24) is 10.6 Å². The maximum Gasteiger partial charge on any atom is 0.246 e. The maximum atomic E-state index is 11.7. The molecule has 2 fully saturated rings. The van der Waals surface area contributed by atoms with Gasteiger partial charge in [0.15, 0.2) is 0 Å². The molecule has 2 N–H and O–H groups in total. The van der Waals surface area contributed by atoms with Gasteiger partial charge in [-0.15, -0.1) is 0 Å². The minimum Gasteiger partial charge on any atom is -0.342 e. The molecule has 1 heterocycles. The van der Waals surface area contributed by atoms with E-state index in [0.717, 1.165) is 19.3 Å². The van der Waals surface area contributed by atoms with Crippen LogP contribution in [0.1, 0.15) is 33.1 Å². The average Bonchev–Trinajstić information content (AvgIpc) is 2.05. The van der Waals surface area contributed by atoms with Crippen LogP contribution >= 0.6 is 0 Å². The first-order valence-corrected chi connectivity index (χ1v) is 5.18. The van der Waals surface area contributed by atoms with Gasteiger partial charge in [0.25, 0.3) is 0 Å². The molecule has 0 aromatic carbocycles. The van der Waals surface area contributed by atoms with E-state index in [1.165, 1.54) is 0 Å². The molecule has 14 heavy (non-hydrogen) atoms. The Morgan fingerprint density at radius 3 is 2.43 bits per heavy atom. The second kappa shape index (κ2) is 2.97. The molecule has 1 aliphatic carbocycles. The number of nitrogens with one attached hydrogen (secondary N) is 2. The van der Waals surface area contributed by atoms with Crippen molar-refractivity contribution in [2.24, 2.45) is 5.92 Å². The van der Waals surface area contributed by atoms with Crippen LogP contribution in [0.5, 0.6) is 0 Å². The van der Waals surface area contributed by atoms with Crippen molar-refractivity contribution in [1.29, 1.82) is 0 Å². The summed E-state index contributed by atoms with van der Waals surface area (Å²) in [5.41, 5.74) is -0.553. The third-order valence-corrected chi connectivity index (χ3v) is 3.24. The van der Waals surface area contributed by atoms with Crippen LogP contribution in [0.25, 0.3) is 0 Å². The quantitative estimate of drug-likeness (QED) is 0.628. The molecule has 2 rings (SSSR count). The monoisotopic (exact) mass is 196 g/mol. The number of piperazine rings is 1. The van der Waals surface area contributed by atoms with E-state index in [-0.39, 0.29) is 23.8 Å². The summed E-state index contributed by atoms with van der Waals surface area (Å²) < 4.78 is 0. The molecule has 0 bridgehead atoms. The molecule has 0 aromatic heterocycles. The summed E-state index contributed by atoms with van der Waals surface area (Å²) in [5, 5.41) is 5.67. The van der Waals surface area contributed by atoms with E-state index in [2.05, 4.69) is 10.6 Å². The fourth-order valence-electron chi connectivity index (χ4n) is 2.07. The van der Waals surface area contributed by atoms with Gasteiger partial charge >= 0.3 is 0 Å². The lowest BCUT2D eigenvalue weighted by Gasteiger charge is -2.46. The molecule has 78 valence electrons. The average molecular weight is 196 g/mol. The molecule has 0 unspecified atom stereocenters. The summed E-state index contributed by atoms with van der Waals surface area (Å²) in [7, 11) is 0. The van der Waals surface area contributed by atoms with Gasteiger partial charge in [0.2, 0.25) is 11.8 Å².